The first-order chi connectivity index (χ1) is 11.2. The van der Waals surface area contributed by atoms with Gasteiger partial charge in [-0.2, -0.15) is 0 Å². The Balaban J connectivity index is 1.99. The molecule has 0 heterocycles. The van der Waals surface area contributed by atoms with Gasteiger partial charge in [0.05, 0.1) is 32.8 Å². The Morgan fingerprint density at radius 1 is 1.17 bits per heavy atom. The van der Waals surface area contributed by atoms with Crippen molar-refractivity contribution in [2.24, 2.45) is 0 Å². The van der Waals surface area contributed by atoms with E-state index >= 15 is 0 Å². The fraction of sp³-hybridized carbons (Fsp3) is 0.389. The first-order valence-electron chi connectivity index (χ1n) is 7.69. The molecule has 23 heavy (non-hydrogen) atoms. The molecule has 0 aromatic heterocycles. The lowest BCUT2D eigenvalue weighted by atomic mass is 9.97. The number of hydrogen-bond donors (Lipinski definition) is 2. The molecule has 2 aromatic rings. The molecule has 2 N–H and O–H groups in total. The molecule has 2 aromatic carbocycles. The molecule has 0 saturated heterocycles. The van der Waals surface area contributed by atoms with Crippen molar-refractivity contribution in [3.63, 3.8) is 0 Å². The van der Waals surface area contributed by atoms with Gasteiger partial charge in [-0.15, -0.1) is 0 Å². The molecular weight excluding hydrogens is 294 g/mol. The van der Waals surface area contributed by atoms with Gasteiger partial charge in [0.2, 0.25) is 5.91 Å². The van der Waals surface area contributed by atoms with E-state index in [1.165, 1.54) is 0 Å². The normalized spacial score (nSPS) is 12.1. The predicted molar refractivity (Wildman–Crippen MR) is 89.8 cm³/mol. The van der Waals surface area contributed by atoms with E-state index < -0.39 is 0 Å². The molecule has 0 radical (unpaired) electrons. The molecule has 1 unspecified atom stereocenters. The summed E-state index contributed by atoms with van der Waals surface area (Å²) in [5, 5.41) is 13.6. The van der Waals surface area contributed by atoms with E-state index in [0.717, 1.165) is 22.1 Å². The highest BCUT2D eigenvalue weighted by Crippen LogP contribution is 2.25. The summed E-state index contributed by atoms with van der Waals surface area (Å²) in [6.07, 6.45) is 0. The van der Waals surface area contributed by atoms with Crippen LogP contribution in [0.3, 0.4) is 0 Å². The minimum atomic E-state index is -0.237. The Hall–Kier alpha value is -2.11. The van der Waals surface area contributed by atoms with Crippen LogP contribution in [0.1, 0.15) is 18.4 Å². The van der Waals surface area contributed by atoms with Crippen LogP contribution in [0, 0.1) is 0 Å². The summed E-state index contributed by atoms with van der Waals surface area (Å²) >= 11 is 0. The van der Waals surface area contributed by atoms with Crippen molar-refractivity contribution >= 4 is 16.7 Å². The van der Waals surface area contributed by atoms with Gasteiger partial charge in [-0.1, -0.05) is 24.3 Å². The number of carbonyl (C=O) groups is 1. The molecule has 0 fully saturated rings. The second-order valence-corrected chi connectivity index (χ2v) is 5.32. The molecule has 124 valence electrons. The maximum Gasteiger partial charge on any atom is 0.227 e. The standard InChI is InChI=1S/C18H23NO4/c1-13(18(21)19-7-9-23-10-8-20)14-3-4-16-12-17(22-2)6-5-15(16)11-14/h3-6,11-13,20H,7-10H2,1-2H3,(H,19,21). The van der Waals surface area contributed by atoms with Crippen molar-refractivity contribution in [3.05, 3.63) is 42.0 Å². The van der Waals surface area contributed by atoms with Crippen LogP contribution in [0.4, 0.5) is 0 Å². The molecule has 0 aliphatic rings. The SMILES string of the molecule is COc1ccc2cc(C(C)C(=O)NCCOCCO)ccc2c1. The lowest BCUT2D eigenvalue weighted by Gasteiger charge is -2.13. The van der Waals surface area contributed by atoms with E-state index in [1.807, 2.05) is 43.3 Å². The highest BCUT2D eigenvalue weighted by molar-refractivity contribution is 5.88. The monoisotopic (exact) mass is 317 g/mol. The van der Waals surface area contributed by atoms with Crippen LogP contribution in [0.2, 0.25) is 0 Å². The van der Waals surface area contributed by atoms with Crippen LogP contribution in [0.5, 0.6) is 5.75 Å². The van der Waals surface area contributed by atoms with E-state index in [2.05, 4.69) is 5.32 Å². The molecular formula is C18H23NO4. The first-order valence-corrected chi connectivity index (χ1v) is 7.69. The van der Waals surface area contributed by atoms with Gasteiger partial charge < -0.3 is 19.9 Å². The number of nitrogens with one attached hydrogen (secondary N) is 1. The van der Waals surface area contributed by atoms with E-state index in [1.54, 1.807) is 7.11 Å². The third kappa shape index (κ3) is 4.68. The lowest BCUT2D eigenvalue weighted by Crippen LogP contribution is -2.31. The summed E-state index contributed by atoms with van der Waals surface area (Å²) in [6, 6.07) is 11.9. The van der Waals surface area contributed by atoms with Gasteiger partial charge in [0, 0.05) is 6.54 Å². The fourth-order valence-electron chi connectivity index (χ4n) is 2.36. The van der Waals surface area contributed by atoms with Gasteiger partial charge in [0.15, 0.2) is 0 Å². The van der Waals surface area contributed by atoms with E-state index in [4.69, 9.17) is 14.6 Å². The fourth-order valence-corrected chi connectivity index (χ4v) is 2.36. The average Bonchev–Trinajstić information content (AvgIpc) is 2.59. The van der Waals surface area contributed by atoms with Crippen LogP contribution >= 0.6 is 0 Å². The van der Waals surface area contributed by atoms with Gasteiger partial charge >= 0.3 is 0 Å². The van der Waals surface area contributed by atoms with E-state index in [9.17, 15) is 4.79 Å². The van der Waals surface area contributed by atoms with E-state index in [0.29, 0.717) is 19.8 Å². The average molecular weight is 317 g/mol. The molecule has 0 bridgehead atoms. The molecule has 0 aliphatic heterocycles. The minimum absolute atomic E-state index is 0.00771. The Bertz CT molecular complexity index is 657. The number of methoxy groups -OCH3 is 1. The summed E-state index contributed by atoms with van der Waals surface area (Å²) in [5.41, 5.74) is 0.969. The predicted octanol–water partition coefficient (Wildman–Crippen LogP) is 2.08. The van der Waals surface area contributed by atoms with Crippen molar-refractivity contribution in [2.45, 2.75) is 12.8 Å². The number of aliphatic hydroxyl groups excluding tert-OH is 1. The number of ether oxygens (including phenoxy) is 2. The number of rotatable bonds is 8. The first kappa shape index (κ1) is 17.2. The van der Waals surface area contributed by atoms with Gasteiger partial charge in [-0.05, 0) is 35.4 Å². The topological polar surface area (TPSA) is 67.8 Å². The van der Waals surface area contributed by atoms with Crippen molar-refractivity contribution in [1.29, 1.82) is 0 Å². The molecule has 0 spiro atoms. The number of carbonyl (C=O) groups excluding carboxylic acids is 1. The quantitative estimate of drug-likeness (QED) is 0.732. The zero-order valence-electron chi connectivity index (χ0n) is 13.5. The highest BCUT2D eigenvalue weighted by atomic mass is 16.5. The second kappa shape index (κ2) is 8.50. The van der Waals surface area contributed by atoms with Crippen molar-refractivity contribution in [3.8, 4) is 5.75 Å². The maximum absolute atomic E-state index is 12.2. The third-order valence-electron chi connectivity index (χ3n) is 3.75. The molecule has 1 amide bonds. The summed E-state index contributed by atoms with van der Waals surface area (Å²) in [5.74, 6) is 0.545. The Kier molecular flexibility index (Phi) is 6.38. The molecule has 5 heteroatoms. The van der Waals surface area contributed by atoms with Gasteiger partial charge in [0.25, 0.3) is 0 Å². The summed E-state index contributed by atoms with van der Waals surface area (Å²) in [4.78, 5) is 12.2. The largest absolute Gasteiger partial charge is 0.497 e. The minimum Gasteiger partial charge on any atom is -0.497 e. The van der Waals surface area contributed by atoms with Crippen LogP contribution < -0.4 is 10.1 Å². The van der Waals surface area contributed by atoms with Gasteiger partial charge in [-0.3, -0.25) is 4.79 Å². The van der Waals surface area contributed by atoms with Crippen LogP contribution in [0.25, 0.3) is 10.8 Å². The lowest BCUT2D eigenvalue weighted by molar-refractivity contribution is -0.122. The molecule has 0 aliphatic carbocycles. The summed E-state index contributed by atoms with van der Waals surface area (Å²) in [6.45, 7) is 3.00. The highest BCUT2D eigenvalue weighted by Gasteiger charge is 2.15. The summed E-state index contributed by atoms with van der Waals surface area (Å²) in [7, 11) is 1.65. The Labute approximate surface area is 136 Å². The molecule has 5 nitrogen and oxygen atoms in total. The van der Waals surface area contributed by atoms with Crippen LogP contribution in [0.15, 0.2) is 36.4 Å². The Morgan fingerprint density at radius 2 is 1.91 bits per heavy atom. The van der Waals surface area contributed by atoms with Crippen molar-refractivity contribution in [1.82, 2.24) is 5.32 Å². The number of amides is 1. The van der Waals surface area contributed by atoms with Crippen LogP contribution in [-0.2, 0) is 9.53 Å². The van der Waals surface area contributed by atoms with Gasteiger partial charge in [-0.25, -0.2) is 0 Å². The van der Waals surface area contributed by atoms with Crippen LogP contribution in [-0.4, -0.2) is 44.5 Å². The zero-order chi connectivity index (χ0) is 16.7. The number of benzene rings is 2. The molecule has 0 saturated carbocycles. The van der Waals surface area contributed by atoms with Crippen molar-refractivity contribution in [2.75, 3.05) is 33.5 Å². The molecule has 1 atom stereocenters. The number of fused-ring (bicyclic) bond motifs is 1. The Morgan fingerprint density at radius 3 is 2.65 bits per heavy atom. The third-order valence-corrected chi connectivity index (χ3v) is 3.75. The second-order valence-electron chi connectivity index (χ2n) is 5.32. The maximum atomic E-state index is 12.2. The summed E-state index contributed by atoms with van der Waals surface area (Å²) < 4.78 is 10.3. The number of aliphatic hydroxyl groups is 1. The smallest absolute Gasteiger partial charge is 0.227 e. The molecule has 2 rings (SSSR count). The zero-order valence-corrected chi connectivity index (χ0v) is 13.5. The van der Waals surface area contributed by atoms with E-state index in [-0.39, 0.29) is 18.4 Å². The van der Waals surface area contributed by atoms with Crippen molar-refractivity contribution < 1.29 is 19.4 Å². The van der Waals surface area contributed by atoms with Gasteiger partial charge in [0.1, 0.15) is 5.75 Å². The number of hydrogen-bond acceptors (Lipinski definition) is 4.